The summed E-state index contributed by atoms with van der Waals surface area (Å²) >= 11 is 0. The molecular weight excluding hydrogens is 320 g/mol. The van der Waals surface area contributed by atoms with Crippen molar-refractivity contribution >= 4 is 11.8 Å². The van der Waals surface area contributed by atoms with Gasteiger partial charge in [-0.05, 0) is 37.8 Å². The molecule has 25 heavy (non-hydrogen) atoms. The van der Waals surface area contributed by atoms with Crippen molar-refractivity contribution < 1.29 is 19.1 Å². The molecular formula is C19H26N2O4. The predicted octanol–water partition coefficient (Wildman–Crippen LogP) is 1.77. The van der Waals surface area contributed by atoms with Gasteiger partial charge >= 0.3 is 0 Å². The summed E-state index contributed by atoms with van der Waals surface area (Å²) in [6, 6.07) is 5.77. The zero-order valence-electron chi connectivity index (χ0n) is 14.8. The van der Waals surface area contributed by atoms with Gasteiger partial charge in [0.05, 0.1) is 12.5 Å². The Morgan fingerprint density at radius 1 is 1.32 bits per heavy atom. The van der Waals surface area contributed by atoms with Gasteiger partial charge in [-0.25, -0.2) is 0 Å². The van der Waals surface area contributed by atoms with E-state index in [0.717, 1.165) is 43.0 Å². The minimum Gasteiger partial charge on any atom is -0.490 e. The number of fused-ring (bicyclic) bond motifs is 1. The molecule has 1 N–H and O–H groups in total. The average molecular weight is 346 g/mol. The van der Waals surface area contributed by atoms with E-state index in [4.69, 9.17) is 9.47 Å². The van der Waals surface area contributed by atoms with Crippen molar-refractivity contribution in [3.63, 3.8) is 0 Å². The van der Waals surface area contributed by atoms with Crippen molar-refractivity contribution in [2.45, 2.75) is 32.6 Å². The highest BCUT2D eigenvalue weighted by Crippen LogP contribution is 2.36. The van der Waals surface area contributed by atoms with Crippen molar-refractivity contribution in [2.75, 3.05) is 32.8 Å². The SMILES string of the molecule is CCOc1cccc2c1OC[C@@H](C(=O)NCCC(=O)N1CCCC1)C2. The standard InChI is InChI=1S/C19H26N2O4/c1-2-24-16-7-5-6-14-12-15(13-25-18(14)16)19(23)20-9-8-17(22)21-10-3-4-11-21/h5-7,15H,2-4,8-13H2,1H3,(H,20,23)/t15-/m0/s1. The molecule has 2 aliphatic rings. The van der Waals surface area contributed by atoms with Gasteiger partial charge < -0.3 is 19.7 Å². The number of para-hydroxylation sites is 1. The lowest BCUT2D eigenvalue weighted by Gasteiger charge is -2.26. The summed E-state index contributed by atoms with van der Waals surface area (Å²) < 4.78 is 11.4. The van der Waals surface area contributed by atoms with Crippen molar-refractivity contribution in [1.82, 2.24) is 10.2 Å². The van der Waals surface area contributed by atoms with E-state index in [2.05, 4.69) is 5.32 Å². The second-order valence-electron chi connectivity index (χ2n) is 6.52. The van der Waals surface area contributed by atoms with Crippen molar-refractivity contribution in [1.29, 1.82) is 0 Å². The molecule has 3 rings (SSSR count). The molecule has 1 atom stereocenters. The smallest absolute Gasteiger partial charge is 0.226 e. The third kappa shape index (κ3) is 4.24. The Labute approximate surface area is 148 Å². The first-order valence-corrected chi connectivity index (χ1v) is 9.12. The van der Waals surface area contributed by atoms with E-state index >= 15 is 0 Å². The molecule has 0 unspecified atom stereocenters. The number of carbonyl (C=O) groups excluding carboxylic acids is 2. The fraction of sp³-hybridized carbons (Fsp3) is 0.579. The molecule has 1 saturated heterocycles. The molecule has 136 valence electrons. The van der Waals surface area contributed by atoms with Crippen LogP contribution in [0.25, 0.3) is 0 Å². The Hall–Kier alpha value is -2.24. The van der Waals surface area contributed by atoms with Crippen molar-refractivity contribution in [3.8, 4) is 11.5 Å². The normalized spacial score (nSPS) is 19.1. The van der Waals surface area contributed by atoms with E-state index in [0.29, 0.717) is 32.6 Å². The van der Waals surface area contributed by atoms with Crippen molar-refractivity contribution in [2.24, 2.45) is 5.92 Å². The van der Waals surface area contributed by atoms with E-state index in [-0.39, 0.29) is 17.7 Å². The maximum atomic E-state index is 12.4. The van der Waals surface area contributed by atoms with Gasteiger partial charge in [0.15, 0.2) is 11.5 Å². The van der Waals surface area contributed by atoms with Crippen LogP contribution in [-0.2, 0) is 16.0 Å². The largest absolute Gasteiger partial charge is 0.490 e. The molecule has 2 aliphatic heterocycles. The maximum Gasteiger partial charge on any atom is 0.226 e. The zero-order chi connectivity index (χ0) is 17.6. The Morgan fingerprint density at radius 2 is 2.12 bits per heavy atom. The van der Waals surface area contributed by atoms with Crippen LogP contribution in [-0.4, -0.2) is 49.6 Å². The molecule has 0 saturated carbocycles. The van der Waals surface area contributed by atoms with Gasteiger partial charge in [0.2, 0.25) is 11.8 Å². The summed E-state index contributed by atoms with van der Waals surface area (Å²) in [6.07, 6.45) is 3.16. The predicted molar refractivity (Wildman–Crippen MR) is 93.7 cm³/mol. The van der Waals surface area contributed by atoms with Gasteiger partial charge in [-0.1, -0.05) is 12.1 Å². The number of ether oxygens (including phenoxy) is 2. The molecule has 2 heterocycles. The second-order valence-corrected chi connectivity index (χ2v) is 6.52. The van der Waals surface area contributed by atoms with E-state index in [1.807, 2.05) is 30.0 Å². The Balaban J connectivity index is 1.49. The number of likely N-dealkylation sites (tertiary alicyclic amines) is 1. The lowest BCUT2D eigenvalue weighted by atomic mass is 9.95. The number of hydrogen-bond donors (Lipinski definition) is 1. The van der Waals surface area contributed by atoms with E-state index < -0.39 is 0 Å². The fourth-order valence-electron chi connectivity index (χ4n) is 3.39. The first-order chi connectivity index (χ1) is 12.2. The number of benzene rings is 1. The molecule has 1 aromatic carbocycles. The molecule has 0 aliphatic carbocycles. The van der Waals surface area contributed by atoms with Crippen LogP contribution >= 0.6 is 0 Å². The first-order valence-electron chi connectivity index (χ1n) is 9.12. The summed E-state index contributed by atoms with van der Waals surface area (Å²) in [6.45, 7) is 4.93. The number of nitrogens with one attached hydrogen (secondary N) is 1. The monoisotopic (exact) mass is 346 g/mol. The fourth-order valence-corrected chi connectivity index (χ4v) is 3.39. The Morgan fingerprint density at radius 3 is 2.88 bits per heavy atom. The number of amides is 2. The van der Waals surface area contributed by atoms with E-state index in [1.165, 1.54) is 0 Å². The molecule has 0 bridgehead atoms. The van der Waals surface area contributed by atoms with Gasteiger partial charge in [-0.3, -0.25) is 9.59 Å². The number of nitrogens with zero attached hydrogens (tertiary/aromatic N) is 1. The van der Waals surface area contributed by atoms with Gasteiger partial charge in [0.1, 0.15) is 6.61 Å². The molecule has 0 spiro atoms. The second kappa shape index (κ2) is 8.23. The van der Waals surface area contributed by atoms with Gasteiger partial charge in [0.25, 0.3) is 0 Å². The Kier molecular flexibility index (Phi) is 5.79. The van der Waals surface area contributed by atoms with Crippen LogP contribution in [0, 0.1) is 5.92 Å². The minimum atomic E-state index is -0.230. The highest BCUT2D eigenvalue weighted by molar-refractivity contribution is 5.81. The van der Waals surface area contributed by atoms with Crippen molar-refractivity contribution in [3.05, 3.63) is 23.8 Å². The molecule has 0 radical (unpaired) electrons. The molecule has 0 aromatic heterocycles. The lowest BCUT2D eigenvalue weighted by molar-refractivity contribution is -0.130. The van der Waals surface area contributed by atoms with Crippen LogP contribution in [0.2, 0.25) is 0 Å². The number of rotatable bonds is 6. The van der Waals surface area contributed by atoms with Gasteiger partial charge in [0, 0.05) is 26.1 Å². The summed E-state index contributed by atoms with van der Waals surface area (Å²) in [5, 5.41) is 2.88. The lowest BCUT2D eigenvalue weighted by Crippen LogP contribution is -2.39. The molecule has 2 amide bonds. The summed E-state index contributed by atoms with van der Waals surface area (Å²) in [4.78, 5) is 26.3. The van der Waals surface area contributed by atoms with Crippen LogP contribution < -0.4 is 14.8 Å². The highest BCUT2D eigenvalue weighted by atomic mass is 16.5. The number of carbonyl (C=O) groups is 2. The quantitative estimate of drug-likeness (QED) is 0.852. The topological polar surface area (TPSA) is 67.9 Å². The van der Waals surface area contributed by atoms with Crippen LogP contribution in [0.5, 0.6) is 11.5 Å². The van der Waals surface area contributed by atoms with E-state index in [9.17, 15) is 9.59 Å². The minimum absolute atomic E-state index is 0.0540. The van der Waals surface area contributed by atoms with Crippen LogP contribution in [0.3, 0.4) is 0 Å². The first kappa shape index (κ1) is 17.6. The van der Waals surface area contributed by atoms with Gasteiger partial charge in [-0.2, -0.15) is 0 Å². The third-order valence-electron chi connectivity index (χ3n) is 4.72. The summed E-state index contributed by atoms with van der Waals surface area (Å²) in [5.74, 6) is 1.32. The summed E-state index contributed by atoms with van der Waals surface area (Å²) in [7, 11) is 0. The number of hydrogen-bond acceptors (Lipinski definition) is 4. The Bertz CT molecular complexity index is 626. The van der Waals surface area contributed by atoms with E-state index in [1.54, 1.807) is 0 Å². The molecule has 1 aromatic rings. The van der Waals surface area contributed by atoms with Crippen LogP contribution in [0.15, 0.2) is 18.2 Å². The van der Waals surface area contributed by atoms with Gasteiger partial charge in [-0.15, -0.1) is 0 Å². The van der Waals surface area contributed by atoms with Crippen LogP contribution in [0.1, 0.15) is 31.7 Å². The maximum absolute atomic E-state index is 12.4. The third-order valence-corrected chi connectivity index (χ3v) is 4.72. The molecule has 6 heteroatoms. The highest BCUT2D eigenvalue weighted by Gasteiger charge is 2.28. The zero-order valence-corrected chi connectivity index (χ0v) is 14.8. The summed E-state index contributed by atoms with van der Waals surface area (Å²) in [5.41, 5.74) is 0.991. The van der Waals surface area contributed by atoms with Crippen LogP contribution in [0.4, 0.5) is 0 Å². The molecule has 1 fully saturated rings. The molecule has 6 nitrogen and oxygen atoms in total. The average Bonchev–Trinajstić information content (AvgIpc) is 3.16.